The van der Waals surface area contributed by atoms with Crippen molar-refractivity contribution < 1.29 is 23.9 Å². The summed E-state index contributed by atoms with van der Waals surface area (Å²) in [6.07, 6.45) is 4.36. The lowest BCUT2D eigenvalue weighted by Crippen LogP contribution is -2.53. The number of nitrogens with one attached hydrogen (secondary N) is 2. The van der Waals surface area contributed by atoms with Gasteiger partial charge in [-0.05, 0) is 30.9 Å². The van der Waals surface area contributed by atoms with Crippen LogP contribution in [0.3, 0.4) is 0 Å². The molecule has 0 aromatic heterocycles. The number of ether oxygens (including phenoxy) is 2. The number of nitrogens with zero attached hydrogens (tertiary/aromatic N) is 1. The number of amides is 3. The van der Waals surface area contributed by atoms with Crippen LogP contribution in [0.15, 0.2) is 18.2 Å². The van der Waals surface area contributed by atoms with Gasteiger partial charge in [-0.2, -0.15) is 0 Å². The molecule has 2 N–H and O–H groups in total. The number of hydrogen-bond donors (Lipinski definition) is 2. The van der Waals surface area contributed by atoms with Crippen molar-refractivity contribution >= 4 is 23.4 Å². The SMILES string of the molecule is CC(C)[C@H](NC(=O)[C@@H]1CC(=O)N(c2ccc3c(c2)OCO3)C1)C(=O)NC1CCCC1. The van der Waals surface area contributed by atoms with Gasteiger partial charge in [-0.1, -0.05) is 26.7 Å². The maximum atomic E-state index is 12.9. The van der Waals surface area contributed by atoms with Crippen LogP contribution in [0.2, 0.25) is 0 Å². The van der Waals surface area contributed by atoms with Crippen molar-refractivity contribution in [2.75, 3.05) is 18.2 Å². The molecule has 0 radical (unpaired) electrons. The first-order valence-electron chi connectivity index (χ1n) is 10.7. The molecule has 2 atom stereocenters. The highest BCUT2D eigenvalue weighted by Gasteiger charge is 2.38. The Kier molecular flexibility index (Phi) is 5.83. The molecule has 162 valence electrons. The number of fused-ring (bicyclic) bond motifs is 1. The van der Waals surface area contributed by atoms with Crippen LogP contribution >= 0.6 is 0 Å². The van der Waals surface area contributed by atoms with Gasteiger partial charge in [0.05, 0.1) is 5.92 Å². The van der Waals surface area contributed by atoms with Gasteiger partial charge in [-0.25, -0.2) is 0 Å². The third kappa shape index (κ3) is 4.22. The van der Waals surface area contributed by atoms with Crippen molar-refractivity contribution in [2.24, 2.45) is 11.8 Å². The minimum absolute atomic E-state index is 0.0441. The van der Waals surface area contributed by atoms with Crippen molar-refractivity contribution in [3.63, 3.8) is 0 Å². The van der Waals surface area contributed by atoms with Gasteiger partial charge in [0.2, 0.25) is 24.5 Å². The Bertz CT molecular complexity index is 834. The lowest BCUT2D eigenvalue weighted by molar-refractivity contribution is -0.132. The second-order valence-corrected chi connectivity index (χ2v) is 8.66. The molecular formula is C22H29N3O5. The zero-order chi connectivity index (χ0) is 21.3. The Morgan fingerprint density at radius 2 is 1.87 bits per heavy atom. The molecule has 1 aromatic carbocycles. The summed E-state index contributed by atoms with van der Waals surface area (Å²) in [6, 6.07) is 4.91. The zero-order valence-electron chi connectivity index (χ0n) is 17.5. The smallest absolute Gasteiger partial charge is 0.243 e. The van der Waals surface area contributed by atoms with Crippen LogP contribution in [-0.4, -0.2) is 43.1 Å². The lowest BCUT2D eigenvalue weighted by atomic mass is 10.0. The topological polar surface area (TPSA) is 97.0 Å². The molecule has 2 aliphatic heterocycles. The van der Waals surface area contributed by atoms with Crippen LogP contribution in [-0.2, 0) is 14.4 Å². The molecule has 8 nitrogen and oxygen atoms in total. The number of benzene rings is 1. The van der Waals surface area contributed by atoms with Crippen molar-refractivity contribution in [2.45, 2.75) is 58.0 Å². The first kappa shape index (κ1) is 20.5. The first-order chi connectivity index (χ1) is 14.4. The zero-order valence-corrected chi connectivity index (χ0v) is 17.5. The van der Waals surface area contributed by atoms with Crippen LogP contribution in [0, 0.1) is 11.8 Å². The van der Waals surface area contributed by atoms with Crippen LogP contribution in [0.1, 0.15) is 46.0 Å². The van der Waals surface area contributed by atoms with E-state index in [1.807, 2.05) is 13.8 Å². The fourth-order valence-corrected chi connectivity index (χ4v) is 4.35. The van der Waals surface area contributed by atoms with Gasteiger partial charge in [0.1, 0.15) is 6.04 Å². The average Bonchev–Trinajstić information content (AvgIpc) is 3.45. The van der Waals surface area contributed by atoms with Gasteiger partial charge in [0, 0.05) is 30.8 Å². The molecule has 1 aromatic rings. The third-order valence-corrected chi connectivity index (χ3v) is 6.11. The quantitative estimate of drug-likeness (QED) is 0.740. The van der Waals surface area contributed by atoms with E-state index in [0.717, 1.165) is 25.7 Å². The van der Waals surface area contributed by atoms with E-state index in [1.54, 1.807) is 23.1 Å². The molecule has 3 aliphatic rings. The monoisotopic (exact) mass is 415 g/mol. The fraction of sp³-hybridized carbons (Fsp3) is 0.591. The predicted octanol–water partition coefficient (Wildman–Crippen LogP) is 1.97. The van der Waals surface area contributed by atoms with Gasteiger partial charge in [-0.3, -0.25) is 14.4 Å². The summed E-state index contributed by atoms with van der Waals surface area (Å²) >= 11 is 0. The summed E-state index contributed by atoms with van der Waals surface area (Å²) in [5.74, 6) is 0.185. The van der Waals surface area contributed by atoms with Crippen LogP contribution in [0.5, 0.6) is 11.5 Å². The lowest BCUT2D eigenvalue weighted by Gasteiger charge is -2.25. The van der Waals surface area contributed by atoms with Gasteiger partial charge in [0.15, 0.2) is 11.5 Å². The minimum Gasteiger partial charge on any atom is -0.454 e. The molecule has 1 saturated heterocycles. The molecule has 3 amide bonds. The van der Waals surface area contributed by atoms with E-state index in [4.69, 9.17) is 9.47 Å². The summed E-state index contributed by atoms with van der Waals surface area (Å²) in [7, 11) is 0. The molecule has 8 heteroatoms. The second-order valence-electron chi connectivity index (χ2n) is 8.66. The van der Waals surface area contributed by atoms with Gasteiger partial charge < -0.3 is 25.0 Å². The number of carbonyl (C=O) groups excluding carboxylic acids is 3. The van der Waals surface area contributed by atoms with Crippen molar-refractivity contribution in [3.05, 3.63) is 18.2 Å². The van der Waals surface area contributed by atoms with E-state index in [9.17, 15) is 14.4 Å². The molecule has 30 heavy (non-hydrogen) atoms. The Morgan fingerprint density at radius 1 is 1.13 bits per heavy atom. The molecule has 0 spiro atoms. The largest absolute Gasteiger partial charge is 0.454 e. The number of anilines is 1. The average molecular weight is 415 g/mol. The number of hydrogen-bond acceptors (Lipinski definition) is 5. The summed E-state index contributed by atoms with van der Waals surface area (Å²) < 4.78 is 10.7. The van der Waals surface area contributed by atoms with E-state index in [1.165, 1.54) is 0 Å². The van der Waals surface area contributed by atoms with Gasteiger partial charge >= 0.3 is 0 Å². The Morgan fingerprint density at radius 3 is 2.60 bits per heavy atom. The summed E-state index contributed by atoms with van der Waals surface area (Å²) in [5.41, 5.74) is 0.680. The van der Waals surface area contributed by atoms with Gasteiger partial charge in [-0.15, -0.1) is 0 Å². The Labute approximate surface area is 176 Å². The van der Waals surface area contributed by atoms with E-state index in [2.05, 4.69) is 10.6 Å². The minimum atomic E-state index is -0.604. The van der Waals surface area contributed by atoms with Crippen LogP contribution in [0.4, 0.5) is 5.69 Å². The van der Waals surface area contributed by atoms with E-state index in [-0.39, 0.29) is 49.4 Å². The van der Waals surface area contributed by atoms with E-state index >= 15 is 0 Å². The molecule has 1 saturated carbocycles. The van der Waals surface area contributed by atoms with Crippen molar-refractivity contribution in [1.82, 2.24) is 10.6 Å². The van der Waals surface area contributed by atoms with Crippen molar-refractivity contribution in [3.8, 4) is 11.5 Å². The third-order valence-electron chi connectivity index (χ3n) is 6.11. The molecule has 1 aliphatic carbocycles. The second kappa shape index (κ2) is 8.53. The Hall–Kier alpha value is -2.77. The van der Waals surface area contributed by atoms with Crippen molar-refractivity contribution in [1.29, 1.82) is 0 Å². The summed E-state index contributed by atoms with van der Waals surface area (Å²) in [6.45, 7) is 4.27. The number of carbonyl (C=O) groups is 3. The summed E-state index contributed by atoms with van der Waals surface area (Å²) in [4.78, 5) is 39.8. The first-order valence-corrected chi connectivity index (χ1v) is 10.7. The molecule has 0 bridgehead atoms. The molecule has 2 fully saturated rings. The highest BCUT2D eigenvalue weighted by Crippen LogP contribution is 2.37. The highest BCUT2D eigenvalue weighted by molar-refractivity contribution is 6.01. The van der Waals surface area contributed by atoms with Crippen LogP contribution in [0.25, 0.3) is 0 Å². The molecule has 0 unspecified atom stereocenters. The van der Waals surface area contributed by atoms with E-state index < -0.39 is 12.0 Å². The van der Waals surface area contributed by atoms with Gasteiger partial charge in [0.25, 0.3) is 0 Å². The van der Waals surface area contributed by atoms with E-state index in [0.29, 0.717) is 17.2 Å². The fourth-order valence-electron chi connectivity index (χ4n) is 4.35. The molecule has 2 heterocycles. The predicted molar refractivity (Wildman–Crippen MR) is 110 cm³/mol. The normalized spacial score (nSPS) is 21.9. The van der Waals surface area contributed by atoms with Crippen LogP contribution < -0.4 is 25.0 Å². The highest BCUT2D eigenvalue weighted by atomic mass is 16.7. The Balaban J connectivity index is 1.39. The molecular weight excluding hydrogens is 386 g/mol. The summed E-state index contributed by atoms with van der Waals surface area (Å²) in [5, 5.41) is 5.96. The number of rotatable bonds is 6. The molecule has 4 rings (SSSR count). The maximum absolute atomic E-state index is 12.9. The standard InChI is InChI=1S/C22H29N3O5/c1-13(2)20(22(28)23-15-5-3-4-6-15)24-21(27)14-9-19(26)25(11-14)16-7-8-17-18(10-16)30-12-29-17/h7-8,10,13-15,20H,3-6,9,11-12H2,1-2H3,(H,23,28)(H,24,27)/t14-,20+/m1/s1. The maximum Gasteiger partial charge on any atom is 0.243 e.